The van der Waals surface area contributed by atoms with Gasteiger partial charge in [0.1, 0.15) is 6.26 Å². The van der Waals surface area contributed by atoms with Gasteiger partial charge in [0.15, 0.2) is 5.69 Å². The number of nitrogens with zero attached hydrogens (tertiary/aromatic N) is 3. The van der Waals surface area contributed by atoms with E-state index in [0.29, 0.717) is 24.6 Å². The number of hydrogen-bond donors (Lipinski definition) is 1. The van der Waals surface area contributed by atoms with Crippen molar-refractivity contribution in [1.82, 2.24) is 15.2 Å². The number of oxazole rings is 1. The van der Waals surface area contributed by atoms with Gasteiger partial charge in [-0.1, -0.05) is 27.7 Å². The molecule has 166 valence electrons. The van der Waals surface area contributed by atoms with Crippen LogP contribution in [0.1, 0.15) is 49.6 Å². The minimum Gasteiger partial charge on any atom is -0.446 e. The van der Waals surface area contributed by atoms with Gasteiger partial charge in [0.25, 0.3) is 11.6 Å². The van der Waals surface area contributed by atoms with E-state index in [2.05, 4.69) is 10.3 Å². The van der Waals surface area contributed by atoms with Crippen LogP contribution >= 0.6 is 0 Å². The van der Waals surface area contributed by atoms with Gasteiger partial charge in [-0.25, -0.2) is 4.98 Å². The maximum Gasteiger partial charge on any atom is 0.273 e. The summed E-state index contributed by atoms with van der Waals surface area (Å²) in [6.07, 6.45) is 4.29. The van der Waals surface area contributed by atoms with E-state index in [1.807, 2.05) is 27.7 Å². The number of nitrogens with one attached hydrogen (secondary N) is 1. The Hall–Kier alpha value is -3.49. The number of carbonyl (C=O) groups excluding carboxylic acids is 2. The first-order valence-corrected chi connectivity index (χ1v) is 10.1. The van der Waals surface area contributed by atoms with E-state index in [1.165, 1.54) is 24.5 Å². The first-order chi connectivity index (χ1) is 14.7. The summed E-state index contributed by atoms with van der Waals surface area (Å²) in [5.74, 6) is 0.226. The second-order valence-electron chi connectivity index (χ2n) is 8.02. The van der Waals surface area contributed by atoms with Gasteiger partial charge in [-0.05, 0) is 35.6 Å². The maximum absolute atomic E-state index is 12.7. The van der Waals surface area contributed by atoms with Crippen molar-refractivity contribution in [3.8, 4) is 0 Å². The molecule has 0 aliphatic carbocycles. The van der Waals surface area contributed by atoms with Crippen LogP contribution < -0.4 is 5.32 Å². The van der Waals surface area contributed by atoms with Crippen molar-refractivity contribution in [2.24, 2.45) is 11.8 Å². The largest absolute Gasteiger partial charge is 0.446 e. The van der Waals surface area contributed by atoms with Crippen LogP contribution in [-0.4, -0.2) is 39.7 Å². The van der Waals surface area contributed by atoms with Gasteiger partial charge < -0.3 is 14.6 Å². The molecule has 9 nitrogen and oxygen atoms in total. The molecule has 2 rings (SSSR count). The molecule has 0 aliphatic rings. The molecule has 0 atom stereocenters. The molecule has 0 radical (unpaired) electrons. The van der Waals surface area contributed by atoms with Crippen LogP contribution in [0.2, 0.25) is 0 Å². The van der Waals surface area contributed by atoms with Gasteiger partial charge in [-0.3, -0.25) is 19.7 Å². The fourth-order valence-corrected chi connectivity index (χ4v) is 2.69. The van der Waals surface area contributed by atoms with Gasteiger partial charge >= 0.3 is 0 Å². The highest BCUT2D eigenvalue weighted by molar-refractivity contribution is 5.92. The summed E-state index contributed by atoms with van der Waals surface area (Å²) < 4.78 is 5.40. The third-order valence-corrected chi connectivity index (χ3v) is 4.20. The summed E-state index contributed by atoms with van der Waals surface area (Å²) >= 11 is 0. The van der Waals surface area contributed by atoms with Crippen LogP contribution in [0.5, 0.6) is 0 Å². The molecule has 1 N–H and O–H groups in total. The van der Waals surface area contributed by atoms with Crippen molar-refractivity contribution < 1.29 is 18.9 Å². The molecule has 2 amide bonds. The maximum atomic E-state index is 12.7. The number of amides is 2. The monoisotopic (exact) mass is 428 g/mol. The van der Waals surface area contributed by atoms with E-state index in [-0.39, 0.29) is 41.5 Å². The summed E-state index contributed by atoms with van der Waals surface area (Å²) in [6, 6.07) is 5.92. The zero-order valence-electron chi connectivity index (χ0n) is 18.2. The smallest absolute Gasteiger partial charge is 0.273 e. The number of hydrogen-bond acceptors (Lipinski definition) is 6. The average Bonchev–Trinajstić information content (AvgIpc) is 3.18. The highest BCUT2D eigenvalue weighted by Gasteiger charge is 2.18. The second kappa shape index (κ2) is 11.1. The SMILES string of the molecule is CC(C)CNC(=O)c1coc(CN(CC(C)C)C(=O)C=Cc2ccc([N+](=O)[O-])cc2)n1. The number of benzene rings is 1. The standard InChI is InChI=1S/C22H28N4O5/c1-15(2)11-23-22(28)19-14-31-20(24-19)13-25(12-16(3)4)21(27)10-7-17-5-8-18(9-6-17)26(29)30/h5-10,14-16H,11-13H2,1-4H3,(H,23,28). The molecular weight excluding hydrogens is 400 g/mol. The van der Waals surface area contributed by atoms with Crippen molar-refractivity contribution in [3.63, 3.8) is 0 Å². The van der Waals surface area contributed by atoms with Crippen molar-refractivity contribution in [1.29, 1.82) is 0 Å². The molecule has 1 aromatic carbocycles. The third-order valence-electron chi connectivity index (χ3n) is 4.20. The van der Waals surface area contributed by atoms with Crippen LogP contribution in [0.25, 0.3) is 6.08 Å². The molecule has 0 saturated carbocycles. The quantitative estimate of drug-likeness (QED) is 0.350. The van der Waals surface area contributed by atoms with Crippen LogP contribution in [0.3, 0.4) is 0 Å². The van der Waals surface area contributed by atoms with Gasteiger partial charge in [0.05, 0.1) is 11.5 Å². The van der Waals surface area contributed by atoms with E-state index in [9.17, 15) is 19.7 Å². The van der Waals surface area contributed by atoms with Gasteiger partial charge in [0, 0.05) is 31.3 Å². The Morgan fingerprint density at radius 1 is 1.19 bits per heavy atom. The summed E-state index contributed by atoms with van der Waals surface area (Å²) in [6.45, 7) is 9.09. The zero-order valence-corrected chi connectivity index (χ0v) is 18.2. The lowest BCUT2D eigenvalue weighted by molar-refractivity contribution is -0.384. The molecule has 0 aliphatic heterocycles. The molecule has 1 heterocycles. The lowest BCUT2D eigenvalue weighted by atomic mass is 10.1. The van der Waals surface area contributed by atoms with Gasteiger partial charge in [0.2, 0.25) is 11.8 Å². The van der Waals surface area contributed by atoms with Crippen LogP contribution in [0.4, 0.5) is 5.69 Å². The summed E-state index contributed by atoms with van der Waals surface area (Å²) in [5, 5.41) is 13.5. The third kappa shape index (κ3) is 7.69. The van der Waals surface area contributed by atoms with E-state index < -0.39 is 4.92 Å². The summed E-state index contributed by atoms with van der Waals surface area (Å²) in [5.41, 5.74) is 0.833. The lowest BCUT2D eigenvalue weighted by Crippen LogP contribution is -2.32. The first-order valence-electron chi connectivity index (χ1n) is 10.1. The van der Waals surface area contributed by atoms with E-state index in [0.717, 1.165) is 0 Å². The Morgan fingerprint density at radius 3 is 2.45 bits per heavy atom. The Morgan fingerprint density at radius 2 is 1.87 bits per heavy atom. The Balaban J connectivity index is 2.06. The van der Waals surface area contributed by atoms with E-state index in [4.69, 9.17) is 4.42 Å². The zero-order chi connectivity index (χ0) is 23.0. The number of rotatable bonds is 10. The molecule has 9 heteroatoms. The van der Waals surface area contributed by atoms with Crippen molar-refractivity contribution in [3.05, 3.63) is 63.9 Å². The Labute approximate surface area is 181 Å². The normalized spacial score (nSPS) is 11.3. The molecule has 2 aromatic rings. The number of nitro benzene ring substituents is 1. The molecule has 0 fully saturated rings. The minimum absolute atomic E-state index is 0.0120. The molecule has 0 saturated heterocycles. The van der Waals surface area contributed by atoms with Crippen LogP contribution in [-0.2, 0) is 11.3 Å². The average molecular weight is 428 g/mol. The van der Waals surface area contributed by atoms with E-state index >= 15 is 0 Å². The van der Waals surface area contributed by atoms with Gasteiger partial charge in [-0.2, -0.15) is 0 Å². The number of carbonyl (C=O) groups is 2. The summed E-state index contributed by atoms with van der Waals surface area (Å²) in [7, 11) is 0. The molecule has 31 heavy (non-hydrogen) atoms. The highest BCUT2D eigenvalue weighted by Crippen LogP contribution is 2.14. The fourth-order valence-electron chi connectivity index (χ4n) is 2.69. The fraction of sp³-hybridized carbons (Fsp3) is 0.409. The topological polar surface area (TPSA) is 119 Å². The highest BCUT2D eigenvalue weighted by atomic mass is 16.6. The summed E-state index contributed by atoms with van der Waals surface area (Å²) in [4.78, 5) is 40.9. The molecule has 0 bridgehead atoms. The van der Waals surface area contributed by atoms with Crippen molar-refractivity contribution >= 4 is 23.6 Å². The molecule has 0 unspecified atom stereocenters. The van der Waals surface area contributed by atoms with Crippen molar-refractivity contribution in [2.75, 3.05) is 13.1 Å². The predicted molar refractivity (Wildman–Crippen MR) is 116 cm³/mol. The second-order valence-corrected chi connectivity index (χ2v) is 8.02. The van der Waals surface area contributed by atoms with Crippen LogP contribution in [0.15, 0.2) is 41.0 Å². The van der Waals surface area contributed by atoms with Crippen molar-refractivity contribution in [2.45, 2.75) is 34.2 Å². The number of non-ortho nitro benzene ring substituents is 1. The Bertz CT molecular complexity index is 932. The van der Waals surface area contributed by atoms with E-state index in [1.54, 1.807) is 23.1 Å². The molecule has 1 aromatic heterocycles. The molecular formula is C22H28N4O5. The molecule has 0 spiro atoms. The predicted octanol–water partition coefficient (Wildman–Crippen LogP) is 3.67. The van der Waals surface area contributed by atoms with Gasteiger partial charge in [-0.15, -0.1) is 0 Å². The Kier molecular flexibility index (Phi) is 8.48. The minimum atomic E-state index is -0.475. The number of nitro groups is 1. The van der Waals surface area contributed by atoms with Crippen LogP contribution in [0, 0.1) is 22.0 Å². The lowest BCUT2D eigenvalue weighted by Gasteiger charge is -2.21. The first kappa shape index (κ1) is 23.8. The number of aromatic nitrogens is 1.